The van der Waals surface area contributed by atoms with Gasteiger partial charge in [-0.3, -0.25) is 0 Å². The van der Waals surface area contributed by atoms with Gasteiger partial charge in [-0.2, -0.15) is 0 Å². The molecule has 0 saturated heterocycles. The number of rotatable bonds is 7. The van der Waals surface area contributed by atoms with Crippen molar-refractivity contribution < 1.29 is 0 Å². The fourth-order valence-electron chi connectivity index (χ4n) is 8.19. The van der Waals surface area contributed by atoms with Crippen LogP contribution in [0.5, 0.6) is 0 Å². The number of benzene rings is 8. The van der Waals surface area contributed by atoms with Gasteiger partial charge in [0.25, 0.3) is 0 Å². The molecule has 0 fully saturated rings. The van der Waals surface area contributed by atoms with Crippen molar-refractivity contribution in [3.8, 4) is 73.4 Å². The summed E-state index contributed by atoms with van der Waals surface area (Å²) in [5.74, 6) is 1.82. The summed E-state index contributed by atoms with van der Waals surface area (Å²) in [4.78, 5) is 20.8. The lowest BCUT2D eigenvalue weighted by Crippen LogP contribution is -2.01. The van der Waals surface area contributed by atoms with Gasteiger partial charge >= 0.3 is 0 Å². The van der Waals surface area contributed by atoms with Gasteiger partial charge in [-0.15, -0.1) is 0 Å². The first-order valence-corrected chi connectivity index (χ1v) is 19.8. The monoisotopic (exact) mass is 753 g/mol. The topological polar surface area (TPSA) is 56.5 Å². The Bertz CT molecular complexity index is 3180. The molecule has 0 aliphatic rings. The SMILES string of the molecule is c1ccc(-c2ccc(-c3nc(-c4ccc(-c5ccccc5)cc4)nc(-c4cccc(-n5c6ccccc6c6c7ccccc7nc(-c7ccccc7)c65)c4)n3)cc2)cc1. The molecule has 0 radical (unpaired) electrons. The Morgan fingerprint density at radius 2 is 0.746 bits per heavy atom. The molecule has 5 nitrogen and oxygen atoms in total. The minimum Gasteiger partial charge on any atom is -0.307 e. The van der Waals surface area contributed by atoms with E-state index < -0.39 is 0 Å². The maximum absolute atomic E-state index is 5.32. The second kappa shape index (κ2) is 14.5. The summed E-state index contributed by atoms with van der Waals surface area (Å²) >= 11 is 0. The average Bonchev–Trinajstić information content (AvgIpc) is 3.68. The molecule has 0 N–H and O–H groups in total. The number of aromatic nitrogens is 5. The molecule has 0 bridgehead atoms. The summed E-state index contributed by atoms with van der Waals surface area (Å²) in [5, 5.41) is 3.47. The molecule has 0 aliphatic carbocycles. The maximum Gasteiger partial charge on any atom is 0.164 e. The zero-order chi connectivity index (χ0) is 39.1. The lowest BCUT2D eigenvalue weighted by molar-refractivity contribution is 1.07. The van der Waals surface area contributed by atoms with Crippen LogP contribution < -0.4 is 0 Å². The van der Waals surface area contributed by atoms with Gasteiger partial charge in [0, 0.05) is 44.1 Å². The van der Waals surface area contributed by atoms with Gasteiger partial charge in [-0.05, 0) is 46.5 Å². The Morgan fingerprint density at radius 3 is 1.34 bits per heavy atom. The Kier molecular flexibility index (Phi) is 8.41. The number of hydrogen-bond acceptors (Lipinski definition) is 4. The third-order valence-corrected chi connectivity index (χ3v) is 11.1. The van der Waals surface area contributed by atoms with E-state index in [9.17, 15) is 0 Å². The molecule has 11 aromatic rings. The summed E-state index contributed by atoms with van der Waals surface area (Å²) in [6.45, 7) is 0. The van der Waals surface area contributed by atoms with Gasteiger partial charge in [0.2, 0.25) is 0 Å². The van der Waals surface area contributed by atoms with Crippen LogP contribution in [0.25, 0.3) is 106 Å². The van der Waals surface area contributed by atoms with Gasteiger partial charge in [0.05, 0.1) is 22.2 Å². The van der Waals surface area contributed by atoms with Crippen LogP contribution in [0.4, 0.5) is 0 Å². The second-order valence-corrected chi connectivity index (χ2v) is 14.7. The quantitative estimate of drug-likeness (QED) is 0.163. The van der Waals surface area contributed by atoms with Crippen molar-refractivity contribution in [2.24, 2.45) is 0 Å². The molecule has 0 amide bonds. The molecule has 0 saturated carbocycles. The summed E-state index contributed by atoms with van der Waals surface area (Å²) in [7, 11) is 0. The van der Waals surface area contributed by atoms with E-state index in [1.54, 1.807) is 0 Å². The van der Waals surface area contributed by atoms with Gasteiger partial charge in [-0.1, -0.05) is 188 Å². The highest BCUT2D eigenvalue weighted by Crippen LogP contribution is 2.41. The minimum atomic E-state index is 0.596. The van der Waals surface area contributed by atoms with Crippen LogP contribution in [0.15, 0.2) is 212 Å². The van der Waals surface area contributed by atoms with E-state index in [0.717, 1.165) is 77.8 Å². The molecular formula is C54H35N5. The van der Waals surface area contributed by atoms with Gasteiger partial charge in [0.1, 0.15) is 0 Å². The standard InChI is InChI=1S/C54H35N5/c1-4-15-36(16-5-1)38-27-31-41(32-28-38)52-56-53(42-33-29-39(30-34-42)37-17-6-2-7-18-37)58-54(57-52)43-21-14-22-44(35-43)59-48-26-13-11-24-46(48)49-45-23-10-12-25-47(45)55-50(51(49)59)40-19-8-3-9-20-40/h1-35H. The number of pyridine rings is 1. The number of para-hydroxylation sites is 2. The predicted octanol–water partition coefficient (Wildman–Crippen LogP) is 13.5. The maximum atomic E-state index is 5.32. The van der Waals surface area contributed by atoms with Crippen molar-refractivity contribution in [1.29, 1.82) is 0 Å². The summed E-state index contributed by atoms with van der Waals surface area (Å²) in [5.41, 5.74) is 13.4. The molecule has 8 aromatic carbocycles. The van der Waals surface area contributed by atoms with Crippen molar-refractivity contribution >= 4 is 32.7 Å². The Hall–Kier alpha value is -8.02. The highest BCUT2D eigenvalue weighted by atomic mass is 15.0. The normalized spacial score (nSPS) is 11.4. The van der Waals surface area contributed by atoms with Crippen molar-refractivity contribution in [1.82, 2.24) is 24.5 Å². The largest absolute Gasteiger partial charge is 0.307 e. The molecule has 11 rings (SSSR count). The molecule has 3 aromatic heterocycles. The predicted molar refractivity (Wildman–Crippen MR) is 242 cm³/mol. The molecule has 0 aliphatic heterocycles. The highest BCUT2D eigenvalue weighted by Gasteiger charge is 2.21. The van der Waals surface area contributed by atoms with E-state index in [0.29, 0.717) is 17.5 Å². The average molecular weight is 754 g/mol. The molecule has 0 unspecified atom stereocenters. The van der Waals surface area contributed by atoms with Crippen molar-refractivity contribution in [3.63, 3.8) is 0 Å². The zero-order valence-corrected chi connectivity index (χ0v) is 31.9. The summed E-state index contributed by atoms with van der Waals surface area (Å²) in [6.07, 6.45) is 0. The first kappa shape index (κ1) is 34.2. The van der Waals surface area contributed by atoms with E-state index in [1.165, 1.54) is 10.8 Å². The van der Waals surface area contributed by atoms with E-state index in [4.69, 9.17) is 19.9 Å². The molecular weight excluding hydrogens is 719 g/mol. The number of nitrogens with zero attached hydrogens (tertiary/aromatic N) is 5. The van der Waals surface area contributed by atoms with Gasteiger partial charge in [-0.25, -0.2) is 19.9 Å². The lowest BCUT2D eigenvalue weighted by atomic mass is 10.0. The molecule has 0 atom stereocenters. The van der Waals surface area contributed by atoms with E-state index in [2.05, 4.69) is 199 Å². The van der Waals surface area contributed by atoms with Crippen molar-refractivity contribution in [2.75, 3.05) is 0 Å². The van der Waals surface area contributed by atoms with Crippen LogP contribution in [0.3, 0.4) is 0 Å². The molecule has 3 heterocycles. The molecule has 0 spiro atoms. The number of hydrogen-bond donors (Lipinski definition) is 0. The molecule has 59 heavy (non-hydrogen) atoms. The Balaban J connectivity index is 1.10. The van der Waals surface area contributed by atoms with Gasteiger partial charge in [0.15, 0.2) is 17.5 Å². The first-order chi connectivity index (χ1) is 29.2. The fourth-order valence-corrected chi connectivity index (χ4v) is 8.19. The van der Waals surface area contributed by atoms with Gasteiger partial charge < -0.3 is 4.57 Å². The smallest absolute Gasteiger partial charge is 0.164 e. The van der Waals surface area contributed by atoms with Crippen LogP contribution in [0.1, 0.15) is 0 Å². The Labute approximate surface area is 341 Å². The van der Waals surface area contributed by atoms with Crippen LogP contribution in [-0.4, -0.2) is 24.5 Å². The van der Waals surface area contributed by atoms with Crippen LogP contribution in [0.2, 0.25) is 0 Å². The molecule has 5 heteroatoms. The minimum absolute atomic E-state index is 0.596. The van der Waals surface area contributed by atoms with Crippen molar-refractivity contribution in [3.05, 3.63) is 212 Å². The fraction of sp³-hybridized carbons (Fsp3) is 0. The second-order valence-electron chi connectivity index (χ2n) is 14.7. The van der Waals surface area contributed by atoms with Crippen LogP contribution in [-0.2, 0) is 0 Å². The Morgan fingerprint density at radius 1 is 0.305 bits per heavy atom. The summed E-state index contributed by atoms with van der Waals surface area (Å²) < 4.78 is 2.35. The van der Waals surface area contributed by atoms with Crippen LogP contribution in [0, 0.1) is 0 Å². The van der Waals surface area contributed by atoms with E-state index in [1.807, 2.05) is 18.2 Å². The molecule has 276 valence electrons. The first-order valence-electron chi connectivity index (χ1n) is 19.8. The zero-order valence-electron chi connectivity index (χ0n) is 31.9. The third kappa shape index (κ3) is 6.22. The van der Waals surface area contributed by atoms with E-state index in [-0.39, 0.29) is 0 Å². The summed E-state index contributed by atoms with van der Waals surface area (Å²) in [6, 6.07) is 73.8. The van der Waals surface area contributed by atoms with Crippen LogP contribution >= 0.6 is 0 Å². The number of fused-ring (bicyclic) bond motifs is 5. The van der Waals surface area contributed by atoms with E-state index >= 15 is 0 Å². The lowest BCUT2D eigenvalue weighted by Gasteiger charge is -2.14. The third-order valence-electron chi connectivity index (χ3n) is 11.1. The highest BCUT2D eigenvalue weighted by molar-refractivity contribution is 6.23. The van der Waals surface area contributed by atoms with Crippen molar-refractivity contribution in [2.45, 2.75) is 0 Å².